The lowest BCUT2D eigenvalue weighted by molar-refractivity contribution is 0.628. The van der Waals surface area contributed by atoms with Crippen LogP contribution in [0.1, 0.15) is 12.0 Å². The predicted octanol–water partition coefficient (Wildman–Crippen LogP) is 3.82. The number of para-hydroxylation sites is 1. The molecule has 1 aromatic heterocycles. The molecule has 0 spiro atoms. The molecule has 0 bridgehead atoms. The van der Waals surface area contributed by atoms with Gasteiger partial charge >= 0.3 is 0 Å². The van der Waals surface area contributed by atoms with E-state index in [1.54, 1.807) is 18.3 Å². The van der Waals surface area contributed by atoms with Crippen molar-refractivity contribution in [2.75, 3.05) is 0 Å². The normalized spacial score (nSPS) is 11.3. The molecule has 25 heavy (non-hydrogen) atoms. The number of nitrogens with one attached hydrogen (secondary N) is 1. The number of aryl methyl sites for hydroxylation is 1. The first-order valence-electron chi connectivity index (χ1n) is 7.71. The van der Waals surface area contributed by atoms with Crippen LogP contribution < -0.4 is 11.5 Å². The third kappa shape index (κ3) is 3.80. The van der Waals surface area contributed by atoms with Crippen LogP contribution in [-0.2, 0) is 6.42 Å². The van der Waals surface area contributed by atoms with E-state index in [0.29, 0.717) is 6.42 Å². The lowest BCUT2D eigenvalue weighted by Crippen LogP contribution is -2.21. The number of guanidine groups is 1. The summed E-state index contributed by atoms with van der Waals surface area (Å²) >= 11 is 5.94. The van der Waals surface area contributed by atoms with Crippen molar-refractivity contribution in [3.8, 4) is 11.3 Å². The van der Waals surface area contributed by atoms with Gasteiger partial charge in [-0.15, -0.1) is 5.10 Å². The van der Waals surface area contributed by atoms with E-state index in [0.717, 1.165) is 34.1 Å². The van der Waals surface area contributed by atoms with E-state index in [-0.39, 0.29) is 11.0 Å². The molecule has 0 radical (unpaired) electrons. The minimum absolute atomic E-state index is 0.0787. The van der Waals surface area contributed by atoms with Crippen LogP contribution in [0, 0.1) is 5.82 Å². The van der Waals surface area contributed by atoms with Gasteiger partial charge in [-0.2, -0.15) is 5.10 Å². The van der Waals surface area contributed by atoms with Crippen LogP contribution in [0.2, 0.25) is 5.02 Å². The van der Waals surface area contributed by atoms with Gasteiger partial charge in [0.15, 0.2) is 0 Å². The van der Waals surface area contributed by atoms with E-state index in [1.165, 1.54) is 6.07 Å². The molecule has 7 heteroatoms. The Labute approximate surface area is 149 Å². The maximum Gasteiger partial charge on any atom is 0.211 e. The molecule has 0 saturated carbocycles. The molecule has 0 aliphatic heterocycles. The first-order valence-corrected chi connectivity index (χ1v) is 8.09. The summed E-state index contributed by atoms with van der Waals surface area (Å²) in [5.74, 6) is -0.516. The number of fused-ring (bicyclic) bond motifs is 1. The fraction of sp³-hybridized carbons (Fsp3) is 0.111. The standard InChI is InChI=1S/C18H17ClFN5/c19-14-10-11(7-8-15(14)20)17-13(5-3-9-23-25-18(21)22)12-4-1-2-6-16(12)24-17/h1-2,4,6-10,24H,3,5H2,(H4,21,22,25). The average Bonchev–Trinajstić information content (AvgIpc) is 2.95. The van der Waals surface area contributed by atoms with Gasteiger partial charge in [0, 0.05) is 22.8 Å². The lowest BCUT2D eigenvalue weighted by atomic mass is 10.0. The van der Waals surface area contributed by atoms with Gasteiger partial charge < -0.3 is 16.5 Å². The molecule has 0 saturated heterocycles. The number of rotatable bonds is 5. The Hall–Kier alpha value is -2.86. The molecular formula is C18H17ClFN5. The van der Waals surface area contributed by atoms with Crippen LogP contribution in [0.5, 0.6) is 0 Å². The average molecular weight is 358 g/mol. The molecule has 3 rings (SSSR count). The Kier molecular flexibility index (Phi) is 5.00. The molecule has 0 aliphatic rings. The number of aromatic amines is 1. The van der Waals surface area contributed by atoms with Crippen LogP contribution in [0.25, 0.3) is 22.2 Å². The van der Waals surface area contributed by atoms with Gasteiger partial charge in [-0.1, -0.05) is 29.8 Å². The molecule has 0 atom stereocenters. The first-order chi connectivity index (χ1) is 12.1. The summed E-state index contributed by atoms with van der Waals surface area (Å²) in [6.45, 7) is 0. The van der Waals surface area contributed by atoms with Gasteiger partial charge in [0.05, 0.1) is 5.02 Å². The lowest BCUT2D eigenvalue weighted by Gasteiger charge is -2.05. The second-order valence-electron chi connectivity index (χ2n) is 5.51. The zero-order chi connectivity index (χ0) is 17.8. The molecule has 0 amide bonds. The molecule has 0 aliphatic carbocycles. The molecule has 3 aromatic rings. The number of nitrogens with zero attached hydrogens (tertiary/aromatic N) is 2. The van der Waals surface area contributed by atoms with Crippen LogP contribution in [0.4, 0.5) is 4.39 Å². The van der Waals surface area contributed by atoms with E-state index in [1.807, 2.05) is 24.3 Å². The quantitative estimate of drug-likeness (QED) is 0.368. The van der Waals surface area contributed by atoms with Crippen molar-refractivity contribution < 1.29 is 4.39 Å². The second kappa shape index (κ2) is 7.36. The summed E-state index contributed by atoms with van der Waals surface area (Å²) in [6.07, 6.45) is 3.03. The molecule has 5 N–H and O–H groups in total. The van der Waals surface area contributed by atoms with Crippen LogP contribution >= 0.6 is 11.6 Å². The summed E-state index contributed by atoms with van der Waals surface area (Å²) in [5, 5.41) is 8.59. The summed E-state index contributed by atoms with van der Waals surface area (Å²) in [7, 11) is 0. The highest BCUT2D eigenvalue weighted by atomic mass is 35.5. The third-order valence-corrected chi connectivity index (χ3v) is 4.09. The Morgan fingerprint density at radius 2 is 2.00 bits per heavy atom. The van der Waals surface area contributed by atoms with Gasteiger partial charge in [0.25, 0.3) is 0 Å². The van der Waals surface area contributed by atoms with Crippen LogP contribution in [-0.4, -0.2) is 17.2 Å². The van der Waals surface area contributed by atoms with Crippen molar-refractivity contribution in [3.63, 3.8) is 0 Å². The topological polar surface area (TPSA) is 92.6 Å². The predicted molar refractivity (Wildman–Crippen MR) is 101 cm³/mol. The molecule has 128 valence electrons. The SMILES string of the molecule is NC(N)=NN=CCCc1c(-c2ccc(F)c(Cl)c2)[nH]c2ccccc12. The van der Waals surface area contributed by atoms with E-state index in [9.17, 15) is 4.39 Å². The number of nitrogens with two attached hydrogens (primary N) is 2. The van der Waals surface area contributed by atoms with Gasteiger partial charge in [-0.25, -0.2) is 4.39 Å². The fourth-order valence-corrected chi connectivity index (χ4v) is 2.91. The fourth-order valence-electron chi connectivity index (χ4n) is 2.73. The highest BCUT2D eigenvalue weighted by Crippen LogP contribution is 2.33. The minimum Gasteiger partial charge on any atom is -0.369 e. The Morgan fingerprint density at radius 1 is 1.20 bits per heavy atom. The van der Waals surface area contributed by atoms with Gasteiger partial charge in [0.1, 0.15) is 5.82 Å². The van der Waals surface area contributed by atoms with Gasteiger partial charge in [0.2, 0.25) is 5.96 Å². The van der Waals surface area contributed by atoms with Gasteiger partial charge in [-0.3, -0.25) is 0 Å². The van der Waals surface area contributed by atoms with Crippen molar-refractivity contribution in [2.24, 2.45) is 21.7 Å². The number of aromatic nitrogens is 1. The number of H-pyrrole nitrogens is 1. The molecular weight excluding hydrogens is 341 g/mol. The van der Waals surface area contributed by atoms with Crippen LogP contribution in [0.15, 0.2) is 52.7 Å². The molecule has 2 aromatic carbocycles. The van der Waals surface area contributed by atoms with E-state index in [2.05, 4.69) is 15.2 Å². The molecule has 0 fully saturated rings. The number of halogens is 2. The first kappa shape index (κ1) is 17.0. The Bertz CT molecular complexity index is 957. The molecule has 5 nitrogen and oxygen atoms in total. The van der Waals surface area contributed by atoms with E-state index < -0.39 is 5.82 Å². The van der Waals surface area contributed by atoms with E-state index >= 15 is 0 Å². The van der Waals surface area contributed by atoms with Crippen molar-refractivity contribution in [1.29, 1.82) is 0 Å². The Morgan fingerprint density at radius 3 is 2.76 bits per heavy atom. The number of hydrogen-bond acceptors (Lipinski definition) is 2. The zero-order valence-electron chi connectivity index (χ0n) is 13.3. The maximum atomic E-state index is 13.5. The van der Waals surface area contributed by atoms with Crippen molar-refractivity contribution >= 4 is 34.7 Å². The van der Waals surface area contributed by atoms with Gasteiger partial charge in [-0.05, 0) is 48.2 Å². The number of hydrogen-bond donors (Lipinski definition) is 3. The largest absolute Gasteiger partial charge is 0.369 e. The third-order valence-electron chi connectivity index (χ3n) is 3.80. The van der Waals surface area contributed by atoms with E-state index in [4.69, 9.17) is 23.1 Å². The molecule has 1 heterocycles. The minimum atomic E-state index is -0.438. The Balaban J connectivity index is 1.98. The monoisotopic (exact) mass is 357 g/mol. The smallest absolute Gasteiger partial charge is 0.211 e. The van der Waals surface area contributed by atoms with Crippen LogP contribution in [0.3, 0.4) is 0 Å². The maximum absolute atomic E-state index is 13.5. The highest BCUT2D eigenvalue weighted by Gasteiger charge is 2.13. The summed E-state index contributed by atoms with van der Waals surface area (Å²) in [6, 6.07) is 12.7. The summed E-state index contributed by atoms with van der Waals surface area (Å²) in [5.41, 5.74) is 14.3. The zero-order valence-corrected chi connectivity index (χ0v) is 14.1. The van der Waals surface area contributed by atoms with Crippen molar-refractivity contribution in [3.05, 3.63) is 58.9 Å². The summed E-state index contributed by atoms with van der Waals surface area (Å²) < 4.78 is 13.5. The number of benzene rings is 2. The summed E-state index contributed by atoms with van der Waals surface area (Å²) in [4.78, 5) is 3.39. The van der Waals surface area contributed by atoms with Crippen molar-refractivity contribution in [1.82, 2.24) is 4.98 Å². The second-order valence-corrected chi connectivity index (χ2v) is 5.92. The van der Waals surface area contributed by atoms with Crippen molar-refractivity contribution in [2.45, 2.75) is 12.8 Å². The molecule has 0 unspecified atom stereocenters. The highest BCUT2D eigenvalue weighted by molar-refractivity contribution is 6.31.